The molecule has 0 amide bonds. The van der Waals surface area contributed by atoms with Gasteiger partial charge in [-0.15, -0.1) is 0 Å². The van der Waals surface area contributed by atoms with E-state index in [0.717, 1.165) is 28.4 Å². The van der Waals surface area contributed by atoms with Crippen LogP contribution in [0.15, 0.2) is 48.5 Å². The van der Waals surface area contributed by atoms with Crippen LogP contribution in [-0.2, 0) is 0 Å². The second-order valence-corrected chi connectivity index (χ2v) is 5.32. The first-order valence-corrected chi connectivity index (χ1v) is 7.58. The smallest absolute Gasteiger partial charge is 0.200 e. The Morgan fingerprint density at radius 1 is 1.14 bits per heavy atom. The van der Waals surface area contributed by atoms with Crippen LogP contribution in [0.25, 0.3) is 17.1 Å². The first kappa shape index (κ1) is 14.5. The summed E-state index contributed by atoms with van der Waals surface area (Å²) in [4.78, 5) is 0. The number of ether oxygens (including phenoxy) is 1. The molecule has 0 atom stereocenters. The molecule has 112 valence electrons. The molecule has 0 bridgehead atoms. The van der Waals surface area contributed by atoms with E-state index in [-0.39, 0.29) is 0 Å². The number of nitrogens with zero attached hydrogens (tertiary/aromatic N) is 2. The Morgan fingerprint density at radius 3 is 2.55 bits per heavy atom. The Hall–Kier alpha value is -2.40. The lowest BCUT2D eigenvalue weighted by Gasteiger charge is -2.10. The van der Waals surface area contributed by atoms with Crippen molar-refractivity contribution in [1.82, 2.24) is 14.8 Å². The summed E-state index contributed by atoms with van der Waals surface area (Å²) >= 11 is 5.40. The number of hydrogen-bond donors (Lipinski definition) is 1. The van der Waals surface area contributed by atoms with Crippen molar-refractivity contribution in [3.8, 4) is 22.8 Å². The average molecular weight is 311 g/mol. The maximum absolute atomic E-state index is 5.48. The van der Waals surface area contributed by atoms with Gasteiger partial charge in [-0.05, 0) is 55.9 Å². The van der Waals surface area contributed by atoms with Crippen LogP contribution < -0.4 is 4.74 Å². The Morgan fingerprint density at radius 2 is 1.86 bits per heavy atom. The summed E-state index contributed by atoms with van der Waals surface area (Å²) in [6.07, 6.45) is 0. The molecule has 0 spiro atoms. The van der Waals surface area contributed by atoms with Crippen molar-refractivity contribution in [2.75, 3.05) is 6.61 Å². The van der Waals surface area contributed by atoms with Crippen molar-refractivity contribution < 1.29 is 4.74 Å². The van der Waals surface area contributed by atoms with Gasteiger partial charge in [0.1, 0.15) is 5.75 Å². The standard InChI is InChI=1S/C17H17N3OS/c1-3-21-14-10-8-13(9-11-14)20-16(18-19-17(20)22)15-7-5-4-6-12(15)2/h4-11H,3H2,1-2H3,(H,19,22). The van der Waals surface area contributed by atoms with E-state index < -0.39 is 0 Å². The lowest BCUT2D eigenvalue weighted by molar-refractivity contribution is 0.340. The highest BCUT2D eigenvalue weighted by Crippen LogP contribution is 2.25. The van der Waals surface area contributed by atoms with Crippen LogP contribution >= 0.6 is 12.2 Å². The van der Waals surface area contributed by atoms with Gasteiger partial charge in [0.25, 0.3) is 0 Å². The summed E-state index contributed by atoms with van der Waals surface area (Å²) in [5.74, 6) is 1.66. The fraction of sp³-hybridized carbons (Fsp3) is 0.176. The van der Waals surface area contributed by atoms with Gasteiger partial charge in [-0.1, -0.05) is 24.3 Å². The topological polar surface area (TPSA) is 42.8 Å². The van der Waals surface area contributed by atoms with Gasteiger partial charge in [0.05, 0.1) is 12.3 Å². The van der Waals surface area contributed by atoms with Crippen LogP contribution in [-0.4, -0.2) is 21.4 Å². The first-order chi connectivity index (χ1) is 10.7. The van der Waals surface area contributed by atoms with E-state index in [4.69, 9.17) is 17.0 Å². The lowest BCUT2D eigenvalue weighted by atomic mass is 10.1. The van der Waals surface area contributed by atoms with Gasteiger partial charge in [-0.2, -0.15) is 5.10 Å². The monoisotopic (exact) mass is 311 g/mol. The predicted octanol–water partition coefficient (Wildman–Crippen LogP) is 4.30. The van der Waals surface area contributed by atoms with Gasteiger partial charge in [-0.25, -0.2) is 0 Å². The van der Waals surface area contributed by atoms with Crippen LogP contribution in [0.2, 0.25) is 0 Å². The summed E-state index contributed by atoms with van der Waals surface area (Å²) in [5.41, 5.74) is 3.17. The zero-order valence-corrected chi connectivity index (χ0v) is 13.4. The summed E-state index contributed by atoms with van der Waals surface area (Å²) in [5, 5.41) is 7.28. The molecule has 0 saturated carbocycles. The van der Waals surface area contributed by atoms with Gasteiger partial charge >= 0.3 is 0 Å². The zero-order valence-electron chi connectivity index (χ0n) is 12.5. The lowest BCUT2D eigenvalue weighted by Crippen LogP contribution is -1.99. The quantitative estimate of drug-likeness (QED) is 0.730. The fourth-order valence-electron chi connectivity index (χ4n) is 2.40. The Labute approximate surface area is 134 Å². The molecule has 0 aliphatic carbocycles. The molecular weight excluding hydrogens is 294 g/mol. The average Bonchev–Trinajstić information content (AvgIpc) is 2.90. The molecule has 1 heterocycles. The molecule has 0 aliphatic rings. The van der Waals surface area contributed by atoms with Gasteiger partial charge in [0.2, 0.25) is 0 Å². The highest BCUT2D eigenvalue weighted by Gasteiger charge is 2.12. The highest BCUT2D eigenvalue weighted by atomic mass is 32.1. The molecule has 0 saturated heterocycles. The minimum atomic E-state index is 0.572. The zero-order chi connectivity index (χ0) is 15.5. The summed E-state index contributed by atoms with van der Waals surface area (Å²) in [6.45, 7) is 4.69. The number of nitrogens with one attached hydrogen (secondary N) is 1. The van der Waals surface area contributed by atoms with E-state index >= 15 is 0 Å². The van der Waals surface area contributed by atoms with Crippen LogP contribution in [0.3, 0.4) is 0 Å². The predicted molar refractivity (Wildman–Crippen MR) is 90.1 cm³/mol. The summed E-state index contributed by atoms with van der Waals surface area (Å²) in [7, 11) is 0. The molecule has 0 aliphatic heterocycles. The summed E-state index contributed by atoms with van der Waals surface area (Å²) in [6, 6.07) is 16.0. The number of H-pyrrole nitrogens is 1. The maximum Gasteiger partial charge on any atom is 0.200 e. The molecule has 1 N–H and O–H groups in total. The summed E-state index contributed by atoms with van der Waals surface area (Å²) < 4.78 is 7.99. The first-order valence-electron chi connectivity index (χ1n) is 7.17. The van der Waals surface area contributed by atoms with E-state index in [9.17, 15) is 0 Å². The SMILES string of the molecule is CCOc1ccc(-n2c(-c3ccccc3C)n[nH]c2=S)cc1. The van der Waals surface area contributed by atoms with E-state index in [2.05, 4.69) is 23.2 Å². The molecule has 3 aromatic rings. The maximum atomic E-state index is 5.48. The number of hydrogen-bond acceptors (Lipinski definition) is 3. The van der Waals surface area contributed by atoms with Crippen molar-refractivity contribution in [3.63, 3.8) is 0 Å². The van der Waals surface area contributed by atoms with Crippen molar-refractivity contribution >= 4 is 12.2 Å². The third-order valence-electron chi connectivity index (χ3n) is 3.46. The normalized spacial score (nSPS) is 10.6. The Bertz CT molecular complexity index is 834. The van der Waals surface area contributed by atoms with E-state index in [1.807, 2.05) is 54.0 Å². The van der Waals surface area contributed by atoms with Gasteiger partial charge in [-0.3, -0.25) is 9.67 Å². The largest absolute Gasteiger partial charge is 0.494 e. The molecule has 3 rings (SSSR count). The van der Waals surface area contributed by atoms with E-state index in [0.29, 0.717) is 11.4 Å². The molecule has 5 heteroatoms. The molecule has 1 aromatic heterocycles. The number of aromatic nitrogens is 3. The third kappa shape index (κ3) is 2.67. The molecular formula is C17H17N3OS. The number of aryl methyl sites for hydroxylation is 1. The van der Waals surface area contributed by atoms with Crippen molar-refractivity contribution in [3.05, 3.63) is 58.9 Å². The van der Waals surface area contributed by atoms with Crippen molar-refractivity contribution in [1.29, 1.82) is 0 Å². The Kier molecular flexibility index (Phi) is 4.06. The van der Waals surface area contributed by atoms with Crippen LogP contribution in [0.5, 0.6) is 5.75 Å². The van der Waals surface area contributed by atoms with E-state index in [1.165, 1.54) is 0 Å². The van der Waals surface area contributed by atoms with Crippen molar-refractivity contribution in [2.24, 2.45) is 0 Å². The van der Waals surface area contributed by atoms with Crippen LogP contribution in [0, 0.1) is 11.7 Å². The minimum absolute atomic E-state index is 0.572. The number of benzene rings is 2. The van der Waals surface area contributed by atoms with Gasteiger partial charge < -0.3 is 4.74 Å². The Balaban J connectivity index is 2.10. The molecule has 0 unspecified atom stereocenters. The van der Waals surface area contributed by atoms with Gasteiger partial charge in [0.15, 0.2) is 10.6 Å². The molecule has 0 fully saturated rings. The van der Waals surface area contributed by atoms with E-state index in [1.54, 1.807) is 0 Å². The van der Waals surface area contributed by atoms with Gasteiger partial charge in [0, 0.05) is 5.56 Å². The van der Waals surface area contributed by atoms with Crippen molar-refractivity contribution in [2.45, 2.75) is 13.8 Å². The molecule has 0 radical (unpaired) electrons. The second-order valence-electron chi connectivity index (χ2n) is 4.93. The fourth-order valence-corrected chi connectivity index (χ4v) is 2.64. The number of aromatic amines is 1. The molecule has 22 heavy (non-hydrogen) atoms. The molecule has 2 aromatic carbocycles. The third-order valence-corrected chi connectivity index (χ3v) is 3.74. The highest BCUT2D eigenvalue weighted by molar-refractivity contribution is 7.71. The van der Waals surface area contributed by atoms with Crippen LogP contribution in [0.4, 0.5) is 0 Å². The molecule has 4 nitrogen and oxygen atoms in total. The minimum Gasteiger partial charge on any atom is -0.494 e. The number of rotatable bonds is 4. The second kappa shape index (κ2) is 6.15. The van der Waals surface area contributed by atoms with Crippen LogP contribution in [0.1, 0.15) is 12.5 Å².